The standard InChI is InChI=1S/C28H33Br2ClN4O/c1-17(32)34-10-6-18(7-11-34)14-25(36)35-12-8-19(9-13-35)26-22-4-5-24(31)27(30)23(22)3-2-20-15-21(29)16-33-28(20)26/h4-5,15-16,18-19,26,32H,2-3,6-14H2,1H3. The lowest BCUT2D eigenvalue weighted by Crippen LogP contribution is -2.42. The van der Waals surface area contributed by atoms with Gasteiger partial charge in [0.05, 0.1) is 16.6 Å². The van der Waals surface area contributed by atoms with Crippen LogP contribution >= 0.6 is 43.5 Å². The fourth-order valence-corrected chi connectivity index (χ4v) is 7.46. The summed E-state index contributed by atoms with van der Waals surface area (Å²) in [5, 5.41) is 8.59. The van der Waals surface area contributed by atoms with Crippen LogP contribution in [0.25, 0.3) is 0 Å². The number of amidine groups is 1. The summed E-state index contributed by atoms with van der Waals surface area (Å²) in [7, 11) is 0. The summed E-state index contributed by atoms with van der Waals surface area (Å²) in [4.78, 5) is 22.3. The molecule has 0 radical (unpaired) electrons. The number of aryl methyl sites for hydroxylation is 1. The Balaban J connectivity index is 1.30. The number of nitrogens with zero attached hydrogens (tertiary/aromatic N) is 3. The molecule has 5 rings (SSSR count). The van der Waals surface area contributed by atoms with Gasteiger partial charge in [-0.05, 0) is 118 Å². The van der Waals surface area contributed by atoms with E-state index in [1.54, 1.807) is 0 Å². The highest BCUT2D eigenvalue weighted by atomic mass is 79.9. The molecule has 1 N–H and O–H groups in total. The molecular formula is C28H33Br2ClN4O. The van der Waals surface area contributed by atoms with Gasteiger partial charge in [0.2, 0.25) is 5.91 Å². The van der Waals surface area contributed by atoms with Gasteiger partial charge in [0.1, 0.15) is 0 Å². The topological polar surface area (TPSA) is 60.3 Å². The van der Waals surface area contributed by atoms with Crippen molar-refractivity contribution in [1.82, 2.24) is 14.8 Å². The van der Waals surface area contributed by atoms with Gasteiger partial charge in [0.25, 0.3) is 0 Å². The van der Waals surface area contributed by atoms with Crippen LogP contribution in [0.2, 0.25) is 5.02 Å². The molecule has 36 heavy (non-hydrogen) atoms. The number of nitrogens with one attached hydrogen (secondary N) is 1. The number of rotatable bonds is 3. The first-order valence-electron chi connectivity index (χ1n) is 13.0. The Labute approximate surface area is 235 Å². The lowest BCUT2D eigenvalue weighted by molar-refractivity contribution is -0.134. The quantitative estimate of drug-likeness (QED) is 0.297. The number of likely N-dealkylation sites (tertiary alicyclic amines) is 2. The molecule has 0 bridgehead atoms. The minimum absolute atomic E-state index is 0.213. The Bertz CT molecular complexity index is 1160. The van der Waals surface area contributed by atoms with Gasteiger partial charge >= 0.3 is 0 Å². The van der Waals surface area contributed by atoms with Crippen LogP contribution in [0.5, 0.6) is 0 Å². The van der Waals surface area contributed by atoms with Crippen LogP contribution in [-0.4, -0.2) is 52.7 Å². The average molecular weight is 637 g/mol. The normalized spacial score (nSPS) is 21.1. The number of hydrogen-bond donors (Lipinski definition) is 1. The summed E-state index contributed by atoms with van der Waals surface area (Å²) in [6, 6.07) is 6.43. The third-order valence-electron chi connectivity index (χ3n) is 8.39. The number of carbonyl (C=O) groups is 1. The van der Waals surface area contributed by atoms with E-state index in [1.165, 1.54) is 22.4 Å². The number of fused-ring (bicyclic) bond motifs is 2. The van der Waals surface area contributed by atoms with Gasteiger partial charge in [-0.2, -0.15) is 0 Å². The van der Waals surface area contributed by atoms with Crippen molar-refractivity contribution in [3.05, 3.63) is 60.7 Å². The summed E-state index contributed by atoms with van der Waals surface area (Å²) in [5.41, 5.74) is 5.12. The molecule has 1 aliphatic carbocycles. The second-order valence-electron chi connectivity index (χ2n) is 10.5. The van der Waals surface area contributed by atoms with Crippen molar-refractivity contribution in [1.29, 1.82) is 5.41 Å². The average Bonchev–Trinajstić information content (AvgIpc) is 3.03. The first kappa shape index (κ1) is 26.2. The number of pyridine rings is 1. The molecule has 2 saturated heterocycles. The summed E-state index contributed by atoms with van der Waals surface area (Å²) >= 11 is 13.9. The number of halogens is 3. The molecule has 2 fully saturated rings. The second kappa shape index (κ2) is 11.1. The molecule has 8 heteroatoms. The van der Waals surface area contributed by atoms with Crippen LogP contribution in [0.4, 0.5) is 0 Å². The van der Waals surface area contributed by atoms with Crippen LogP contribution in [0.1, 0.15) is 67.3 Å². The molecule has 1 aromatic heterocycles. The van der Waals surface area contributed by atoms with Crippen LogP contribution in [0, 0.1) is 17.2 Å². The minimum atomic E-state index is 0.213. The number of hydrogen-bond acceptors (Lipinski definition) is 3. The van der Waals surface area contributed by atoms with Crippen molar-refractivity contribution in [2.24, 2.45) is 11.8 Å². The van der Waals surface area contributed by atoms with Gasteiger partial charge < -0.3 is 9.80 Å². The van der Waals surface area contributed by atoms with E-state index in [-0.39, 0.29) is 5.92 Å². The van der Waals surface area contributed by atoms with E-state index in [2.05, 4.69) is 53.8 Å². The van der Waals surface area contributed by atoms with Crippen molar-refractivity contribution in [3.63, 3.8) is 0 Å². The zero-order valence-corrected chi connectivity index (χ0v) is 24.6. The van der Waals surface area contributed by atoms with Gasteiger partial charge in [0.15, 0.2) is 0 Å². The molecule has 192 valence electrons. The Morgan fingerprint density at radius 1 is 1.08 bits per heavy atom. The Morgan fingerprint density at radius 2 is 1.78 bits per heavy atom. The third kappa shape index (κ3) is 5.39. The van der Waals surface area contributed by atoms with Gasteiger partial charge in [-0.3, -0.25) is 15.2 Å². The van der Waals surface area contributed by atoms with E-state index < -0.39 is 0 Å². The molecule has 2 aromatic rings. The van der Waals surface area contributed by atoms with E-state index >= 15 is 0 Å². The van der Waals surface area contributed by atoms with E-state index in [0.29, 0.717) is 30.0 Å². The van der Waals surface area contributed by atoms with Crippen molar-refractivity contribution in [2.75, 3.05) is 26.2 Å². The van der Waals surface area contributed by atoms with Gasteiger partial charge in [0, 0.05) is 53.7 Å². The maximum Gasteiger partial charge on any atom is 0.222 e. The fourth-order valence-electron chi connectivity index (χ4n) is 6.34. The monoisotopic (exact) mass is 634 g/mol. The Morgan fingerprint density at radius 3 is 2.47 bits per heavy atom. The Kier molecular flexibility index (Phi) is 8.09. The van der Waals surface area contributed by atoms with Gasteiger partial charge in [-0.15, -0.1) is 0 Å². The van der Waals surface area contributed by atoms with E-state index in [0.717, 1.165) is 78.7 Å². The lowest BCUT2D eigenvalue weighted by Gasteiger charge is -2.38. The van der Waals surface area contributed by atoms with E-state index in [4.69, 9.17) is 22.0 Å². The molecule has 0 saturated carbocycles. The molecule has 2 aliphatic heterocycles. The molecule has 3 heterocycles. The molecular weight excluding hydrogens is 604 g/mol. The van der Waals surface area contributed by atoms with E-state index in [1.807, 2.05) is 19.2 Å². The molecule has 1 unspecified atom stereocenters. The first-order valence-corrected chi connectivity index (χ1v) is 15.0. The Hall–Kier alpha value is -1.44. The highest BCUT2D eigenvalue weighted by Gasteiger charge is 2.36. The summed E-state index contributed by atoms with van der Waals surface area (Å²) < 4.78 is 2.03. The fraction of sp³-hybridized carbons (Fsp3) is 0.536. The molecule has 5 nitrogen and oxygen atoms in total. The zero-order valence-electron chi connectivity index (χ0n) is 20.7. The largest absolute Gasteiger partial charge is 0.361 e. The van der Waals surface area contributed by atoms with Gasteiger partial charge in [-0.25, -0.2) is 0 Å². The first-order chi connectivity index (χ1) is 17.3. The predicted molar refractivity (Wildman–Crippen MR) is 152 cm³/mol. The van der Waals surface area contributed by atoms with Crippen LogP contribution in [-0.2, 0) is 17.6 Å². The number of aromatic nitrogens is 1. The minimum Gasteiger partial charge on any atom is -0.361 e. The molecule has 1 atom stereocenters. The maximum absolute atomic E-state index is 13.2. The molecule has 0 spiro atoms. The van der Waals surface area contributed by atoms with Crippen molar-refractivity contribution >= 4 is 55.2 Å². The van der Waals surface area contributed by atoms with Crippen LogP contribution in [0.3, 0.4) is 0 Å². The van der Waals surface area contributed by atoms with Crippen LogP contribution in [0.15, 0.2) is 33.3 Å². The number of carbonyl (C=O) groups excluding carboxylic acids is 1. The lowest BCUT2D eigenvalue weighted by atomic mass is 9.76. The molecule has 1 aromatic carbocycles. The number of piperidine rings is 2. The number of benzene rings is 1. The maximum atomic E-state index is 13.2. The van der Waals surface area contributed by atoms with E-state index in [9.17, 15) is 4.79 Å². The highest BCUT2D eigenvalue weighted by molar-refractivity contribution is 9.10. The SMILES string of the molecule is CC(=N)N1CCC(CC(=O)N2CCC(C3c4ccc(Cl)c(Br)c4CCc4cc(Br)cnc43)CC2)CC1. The van der Waals surface area contributed by atoms with Crippen molar-refractivity contribution in [3.8, 4) is 0 Å². The second-order valence-corrected chi connectivity index (χ2v) is 12.7. The van der Waals surface area contributed by atoms with Crippen molar-refractivity contribution < 1.29 is 4.79 Å². The van der Waals surface area contributed by atoms with Crippen molar-refractivity contribution in [2.45, 2.75) is 57.8 Å². The zero-order chi connectivity index (χ0) is 25.4. The van der Waals surface area contributed by atoms with Gasteiger partial charge in [-0.1, -0.05) is 17.7 Å². The highest BCUT2D eigenvalue weighted by Crippen LogP contribution is 2.45. The summed E-state index contributed by atoms with van der Waals surface area (Å²) in [6.07, 6.45) is 8.43. The number of amides is 1. The summed E-state index contributed by atoms with van der Waals surface area (Å²) in [5.74, 6) is 2.03. The smallest absolute Gasteiger partial charge is 0.222 e. The molecule has 3 aliphatic rings. The molecule has 1 amide bonds. The van der Waals surface area contributed by atoms with Crippen LogP contribution < -0.4 is 0 Å². The third-order valence-corrected chi connectivity index (χ3v) is 10.3. The summed E-state index contributed by atoms with van der Waals surface area (Å²) in [6.45, 7) is 5.28. The predicted octanol–water partition coefficient (Wildman–Crippen LogP) is 6.83.